The number of anilines is 1. The molecule has 0 aliphatic rings. The Bertz CT molecular complexity index is 1190. The molecule has 5 nitrogen and oxygen atoms in total. The van der Waals surface area contributed by atoms with Crippen molar-refractivity contribution in [3.05, 3.63) is 93.0 Å². The quantitative estimate of drug-likeness (QED) is 0.283. The number of amides is 1. The normalized spacial score (nSPS) is 10.8. The van der Waals surface area contributed by atoms with Crippen LogP contribution in [-0.4, -0.2) is 25.1 Å². The van der Waals surface area contributed by atoms with Crippen molar-refractivity contribution in [2.24, 2.45) is 0 Å². The first-order valence-corrected chi connectivity index (χ1v) is 12.2. The summed E-state index contributed by atoms with van der Waals surface area (Å²) in [6.45, 7) is 8.24. The molecule has 0 aliphatic heterocycles. The van der Waals surface area contributed by atoms with E-state index in [9.17, 15) is 9.59 Å². The summed E-state index contributed by atoms with van der Waals surface area (Å²) in [6.07, 6.45) is 0. The second-order valence-corrected chi connectivity index (χ2v) is 9.31. The SMILES string of the molecule is CCOC(=O)c1ccc(N(Cc2ccc(Cl)cc2Cl)C(=O)COc2cc(C)ccc2C(C)C)cc1. The number of aryl methyl sites for hydroxylation is 1. The Kier molecular flexibility index (Phi) is 9.19. The second kappa shape index (κ2) is 12.1. The van der Waals surface area contributed by atoms with E-state index in [4.69, 9.17) is 32.7 Å². The lowest BCUT2D eigenvalue weighted by atomic mass is 10.0. The van der Waals surface area contributed by atoms with Crippen molar-refractivity contribution in [3.63, 3.8) is 0 Å². The van der Waals surface area contributed by atoms with Gasteiger partial charge in [-0.2, -0.15) is 0 Å². The number of esters is 1. The molecular weight excluding hydrogens is 485 g/mol. The van der Waals surface area contributed by atoms with Gasteiger partial charge in [-0.1, -0.05) is 55.2 Å². The van der Waals surface area contributed by atoms with E-state index in [0.29, 0.717) is 27.0 Å². The smallest absolute Gasteiger partial charge is 0.338 e. The predicted octanol–water partition coefficient (Wildman–Crippen LogP) is 7.21. The molecule has 1 amide bonds. The van der Waals surface area contributed by atoms with Gasteiger partial charge in [0.05, 0.1) is 18.7 Å². The van der Waals surface area contributed by atoms with Crippen LogP contribution in [0.3, 0.4) is 0 Å². The van der Waals surface area contributed by atoms with E-state index >= 15 is 0 Å². The average Bonchev–Trinajstić information content (AvgIpc) is 2.82. The van der Waals surface area contributed by atoms with Crippen LogP contribution in [-0.2, 0) is 16.1 Å². The number of carbonyl (C=O) groups excluding carboxylic acids is 2. The Balaban J connectivity index is 1.88. The van der Waals surface area contributed by atoms with E-state index in [1.807, 2.05) is 25.1 Å². The molecule has 0 bridgehead atoms. The van der Waals surface area contributed by atoms with Crippen molar-refractivity contribution in [3.8, 4) is 5.75 Å². The van der Waals surface area contributed by atoms with Crippen molar-refractivity contribution < 1.29 is 19.1 Å². The highest BCUT2D eigenvalue weighted by molar-refractivity contribution is 6.35. The Hall–Kier alpha value is -3.02. The van der Waals surface area contributed by atoms with Crippen LogP contribution >= 0.6 is 23.2 Å². The number of benzene rings is 3. The van der Waals surface area contributed by atoms with Gasteiger partial charge in [0.2, 0.25) is 0 Å². The third kappa shape index (κ3) is 7.00. The Morgan fingerprint density at radius 2 is 1.69 bits per heavy atom. The van der Waals surface area contributed by atoms with E-state index < -0.39 is 5.97 Å². The molecule has 35 heavy (non-hydrogen) atoms. The molecule has 184 valence electrons. The highest BCUT2D eigenvalue weighted by Crippen LogP contribution is 2.29. The molecule has 7 heteroatoms. The van der Waals surface area contributed by atoms with Gasteiger partial charge in [0, 0.05) is 15.7 Å². The molecule has 0 saturated carbocycles. The highest BCUT2D eigenvalue weighted by Gasteiger charge is 2.20. The molecular formula is C28H29Cl2NO4. The van der Waals surface area contributed by atoms with Crippen LogP contribution in [0.5, 0.6) is 5.75 Å². The van der Waals surface area contributed by atoms with Crippen LogP contribution in [0.2, 0.25) is 10.0 Å². The molecule has 0 aliphatic carbocycles. The summed E-state index contributed by atoms with van der Waals surface area (Å²) in [6, 6.07) is 17.8. The number of hydrogen-bond donors (Lipinski definition) is 0. The average molecular weight is 514 g/mol. The summed E-state index contributed by atoms with van der Waals surface area (Å²) < 4.78 is 11.1. The van der Waals surface area contributed by atoms with Gasteiger partial charge in [0.25, 0.3) is 5.91 Å². The number of carbonyl (C=O) groups is 2. The summed E-state index contributed by atoms with van der Waals surface area (Å²) in [4.78, 5) is 27.1. The van der Waals surface area contributed by atoms with Gasteiger partial charge in [0.15, 0.2) is 6.61 Å². The number of hydrogen-bond acceptors (Lipinski definition) is 4. The van der Waals surface area contributed by atoms with Gasteiger partial charge in [-0.3, -0.25) is 4.79 Å². The topological polar surface area (TPSA) is 55.8 Å². The standard InChI is InChI=1S/C28H29Cl2NO4/c1-5-34-28(33)20-8-11-23(12-9-20)31(16-21-7-10-22(29)15-25(21)30)27(32)17-35-26-14-19(4)6-13-24(26)18(2)3/h6-15,18H,5,16-17H2,1-4H3. The fraction of sp³-hybridized carbons (Fsp3) is 0.286. The van der Waals surface area contributed by atoms with Gasteiger partial charge >= 0.3 is 5.97 Å². The summed E-state index contributed by atoms with van der Waals surface area (Å²) in [5.74, 6) is 0.272. The maximum absolute atomic E-state index is 13.4. The zero-order valence-electron chi connectivity index (χ0n) is 20.3. The van der Waals surface area contributed by atoms with Gasteiger partial charge < -0.3 is 14.4 Å². The summed E-state index contributed by atoms with van der Waals surface area (Å²) >= 11 is 12.4. The number of nitrogens with zero attached hydrogens (tertiary/aromatic N) is 1. The van der Waals surface area contributed by atoms with Gasteiger partial charge in [-0.15, -0.1) is 0 Å². The van der Waals surface area contributed by atoms with E-state index in [1.54, 1.807) is 54.3 Å². The molecule has 0 atom stereocenters. The van der Waals surface area contributed by atoms with Crippen molar-refractivity contribution in [2.45, 2.75) is 40.2 Å². The molecule has 0 fully saturated rings. The highest BCUT2D eigenvalue weighted by atomic mass is 35.5. The van der Waals surface area contributed by atoms with Crippen molar-refractivity contribution in [1.29, 1.82) is 0 Å². The molecule has 0 N–H and O–H groups in total. The summed E-state index contributed by atoms with van der Waals surface area (Å²) in [5, 5.41) is 0.972. The monoisotopic (exact) mass is 513 g/mol. The largest absolute Gasteiger partial charge is 0.483 e. The molecule has 3 rings (SSSR count). The minimum Gasteiger partial charge on any atom is -0.483 e. The van der Waals surface area contributed by atoms with Crippen LogP contribution in [0, 0.1) is 6.92 Å². The first kappa shape index (κ1) is 26.6. The van der Waals surface area contributed by atoms with Crippen LogP contribution in [0.4, 0.5) is 5.69 Å². The molecule has 0 spiro atoms. The third-order valence-corrected chi connectivity index (χ3v) is 6.06. The third-order valence-electron chi connectivity index (χ3n) is 5.48. The maximum atomic E-state index is 13.4. The second-order valence-electron chi connectivity index (χ2n) is 8.47. The lowest BCUT2D eigenvalue weighted by Gasteiger charge is -2.24. The fourth-order valence-corrected chi connectivity index (χ4v) is 4.06. The molecule has 0 aromatic heterocycles. The minimum absolute atomic E-state index is 0.159. The van der Waals surface area contributed by atoms with Crippen LogP contribution < -0.4 is 9.64 Å². The molecule has 0 radical (unpaired) electrons. The predicted molar refractivity (Wildman–Crippen MR) is 141 cm³/mol. The zero-order valence-corrected chi connectivity index (χ0v) is 21.8. The summed E-state index contributed by atoms with van der Waals surface area (Å²) in [7, 11) is 0. The first-order valence-electron chi connectivity index (χ1n) is 11.4. The van der Waals surface area contributed by atoms with E-state index in [-0.39, 0.29) is 31.6 Å². The minimum atomic E-state index is -0.415. The van der Waals surface area contributed by atoms with Gasteiger partial charge in [-0.05, 0) is 78.9 Å². The summed E-state index contributed by atoms with van der Waals surface area (Å²) in [5.41, 5.74) is 3.83. The lowest BCUT2D eigenvalue weighted by Crippen LogP contribution is -2.34. The Morgan fingerprint density at radius 1 is 0.971 bits per heavy atom. The van der Waals surface area contributed by atoms with Crippen LogP contribution in [0.1, 0.15) is 53.7 Å². The fourth-order valence-electron chi connectivity index (χ4n) is 3.60. The molecule has 0 heterocycles. The van der Waals surface area contributed by atoms with Crippen molar-refractivity contribution in [1.82, 2.24) is 0 Å². The van der Waals surface area contributed by atoms with Gasteiger partial charge in [0.1, 0.15) is 5.75 Å². The Morgan fingerprint density at radius 3 is 2.31 bits per heavy atom. The van der Waals surface area contributed by atoms with Gasteiger partial charge in [-0.25, -0.2) is 4.79 Å². The molecule has 0 saturated heterocycles. The number of rotatable bonds is 9. The zero-order chi connectivity index (χ0) is 25.5. The van der Waals surface area contributed by atoms with E-state index in [2.05, 4.69) is 13.8 Å². The Labute approximate surface area is 216 Å². The van der Waals surface area contributed by atoms with Crippen LogP contribution in [0.15, 0.2) is 60.7 Å². The molecule has 0 unspecified atom stereocenters. The molecule has 3 aromatic carbocycles. The number of halogens is 2. The first-order chi connectivity index (χ1) is 16.7. The van der Waals surface area contributed by atoms with Crippen molar-refractivity contribution >= 4 is 40.8 Å². The number of ether oxygens (including phenoxy) is 2. The lowest BCUT2D eigenvalue weighted by molar-refractivity contribution is -0.120. The van der Waals surface area contributed by atoms with E-state index in [1.165, 1.54) is 0 Å². The molecule has 3 aromatic rings. The van der Waals surface area contributed by atoms with Crippen molar-refractivity contribution in [2.75, 3.05) is 18.1 Å². The maximum Gasteiger partial charge on any atom is 0.338 e. The van der Waals surface area contributed by atoms with Crippen LogP contribution in [0.25, 0.3) is 0 Å². The van der Waals surface area contributed by atoms with E-state index in [0.717, 1.165) is 16.7 Å².